The molecule has 0 aromatic heterocycles. The van der Waals surface area contributed by atoms with Crippen LogP contribution in [0.15, 0.2) is 18.2 Å². The molecule has 0 spiro atoms. The summed E-state index contributed by atoms with van der Waals surface area (Å²) >= 11 is 7.59. The van der Waals surface area contributed by atoms with Gasteiger partial charge in [0.05, 0.1) is 17.9 Å². The Hall–Kier alpha value is -0.670. The quantitative estimate of drug-likeness (QED) is 0.521. The average molecular weight is 287 g/mol. The first-order valence-electron chi connectivity index (χ1n) is 6.22. The van der Waals surface area contributed by atoms with Crippen LogP contribution in [0.1, 0.15) is 37.0 Å². The van der Waals surface area contributed by atoms with Crippen LogP contribution < -0.4 is 4.74 Å². The molecule has 0 atom stereocenters. The van der Waals surface area contributed by atoms with Gasteiger partial charge in [0.25, 0.3) is 0 Å². The van der Waals surface area contributed by atoms with Gasteiger partial charge in [-0.05, 0) is 36.8 Å². The summed E-state index contributed by atoms with van der Waals surface area (Å²) in [7, 11) is 0. The number of hydrogen-bond donors (Lipinski definition) is 0. The van der Waals surface area contributed by atoms with Gasteiger partial charge in [-0.2, -0.15) is 11.8 Å². The minimum atomic E-state index is 0.0852. The number of carbonyl (C=O) groups is 1. The lowest BCUT2D eigenvalue weighted by Crippen LogP contribution is -2.07. The number of benzene rings is 1. The minimum Gasteiger partial charge on any atom is -0.493 e. The van der Waals surface area contributed by atoms with E-state index in [4.69, 9.17) is 16.3 Å². The van der Waals surface area contributed by atoms with Crippen molar-refractivity contribution in [2.24, 2.45) is 0 Å². The Morgan fingerprint density at radius 1 is 1.33 bits per heavy atom. The number of rotatable bonds is 8. The van der Waals surface area contributed by atoms with E-state index in [1.807, 2.05) is 6.92 Å². The summed E-state index contributed by atoms with van der Waals surface area (Å²) in [6, 6.07) is 5.22. The van der Waals surface area contributed by atoms with Crippen molar-refractivity contribution in [3.05, 3.63) is 28.8 Å². The highest BCUT2D eigenvalue weighted by Crippen LogP contribution is 2.24. The zero-order chi connectivity index (χ0) is 13.4. The molecule has 0 radical (unpaired) electrons. The van der Waals surface area contributed by atoms with E-state index in [0.717, 1.165) is 18.6 Å². The van der Waals surface area contributed by atoms with E-state index in [0.29, 0.717) is 28.7 Å². The van der Waals surface area contributed by atoms with Gasteiger partial charge in [0.2, 0.25) is 0 Å². The van der Waals surface area contributed by atoms with Crippen molar-refractivity contribution < 1.29 is 9.53 Å². The standard InChI is InChI=1S/C14H19ClO2S/c1-3-7-17-14-6-5-11(15)9-12(14)13(16)10-18-8-4-2/h5-6,9H,3-4,7-8,10H2,1-2H3. The van der Waals surface area contributed by atoms with Crippen molar-refractivity contribution in [2.75, 3.05) is 18.1 Å². The molecule has 0 saturated heterocycles. The Labute approximate surface area is 118 Å². The zero-order valence-electron chi connectivity index (χ0n) is 10.9. The smallest absolute Gasteiger partial charge is 0.176 e. The summed E-state index contributed by atoms with van der Waals surface area (Å²) in [6.07, 6.45) is 1.99. The maximum absolute atomic E-state index is 12.1. The molecular weight excluding hydrogens is 268 g/mol. The normalized spacial score (nSPS) is 10.4. The lowest BCUT2D eigenvalue weighted by Gasteiger charge is -2.10. The summed E-state index contributed by atoms with van der Waals surface area (Å²) in [4.78, 5) is 12.1. The van der Waals surface area contributed by atoms with E-state index >= 15 is 0 Å². The predicted molar refractivity (Wildman–Crippen MR) is 79.2 cm³/mol. The molecule has 0 unspecified atom stereocenters. The number of thioether (sulfide) groups is 1. The number of ketones is 1. The van der Waals surface area contributed by atoms with E-state index in [2.05, 4.69) is 6.92 Å². The number of hydrogen-bond acceptors (Lipinski definition) is 3. The van der Waals surface area contributed by atoms with Gasteiger partial charge in [0, 0.05) is 5.02 Å². The number of carbonyl (C=O) groups excluding carboxylic acids is 1. The maximum Gasteiger partial charge on any atom is 0.176 e. The molecule has 100 valence electrons. The highest BCUT2D eigenvalue weighted by molar-refractivity contribution is 7.99. The molecule has 0 aliphatic heterocycles. The molecule has 2 nitrogen and oxygen atoms in total. The number of halogens is 1. The first-order chi connectivity index (χ1) is 8.69. The minimum absolute atomic E-state index is 0.0852. The van der Waals surface area contributed by atoms with E-state index in [1.54, 1.807) is 30.0 Å². The van der Waals surface area contributed by atoms with Crippen molar-refractivity contribution in [2.45, 2.75) is 26.7 Å². The highest BCUT2D eigenvalue weighted by Gasteiger charge is 2.13. The Bertz CT molecular complexity index is 393. The topological polar surface area (TPSA) is 26.3 Å². The van der Waals surface area contributed by atoms with Gasteiger partial charge in [-0.1, -0.05) is 25.4 Å². The van der Waals surface area contributed by atoms with Gasteiger partial charge in [-0.25, -0.2) is 0 Å². The molecule has 0 fully saturated rings. The molecular formula is C14H19ClO2S. The fourth-order valence-electron chi connectivity index (χ4n) is 1.44. The van der Waals surface area contributed by atoms with Crippen molar-refractivity contribution >= 4 is 29.1 Å². The molecule has 1 aromatic carbocycles. The summed E-state index contributed by atoms with van der Waals surface area (Å²) in [5.41, 5.74) is 0.597. The Morgan fingerprint density at radius 3 is 2.78 bits per heavy atom. The summed E-state index contributed by atoms with van der Waals surface area (Å²) in [5.74, 6) is 2.21. The van der Waals surface area contributed by atoms with Crippen LogP contribution in [0.25, 0.3) is 0 Å². The van der Waals surface area contributed by atoms with Crippen LogP contribution in [0.5, 0.6) is 5.75 Å². The molecule has 0 aliphatic carbocycles. The zero-order valence-corrected chi connectivity index (χ0v) is 12.4. The molecule has 1 aromatic rings. The molecule has 18 heavy (non-hydrogen) atoms. The van der Waals surface area contributed by atoms with Gasteiger partial charge in [0.15, 0.2) is 5.78 Å². The molecule has 0 aliphatic rings. The second kappa shape index (κ2) is 8.44. The largest absolute Gasteiger partial charge is 0.493 e. The second-order valence-corrected chi connectivity index (χ2v) is 5.51. The third kappa shape index (κ3) is 4.91. The molecule has 4 heteroatoms. The average Bonchev–Trinajstić information content (AvgIpc) is 2.37. The lowest BCUT2D eigenvalue weighted by atomic mass is 10.1. The van der Waals surface area contributed by atoms with E-state index in [-0.39, 0.29) is 5.78 Å². The fraction of sp³-hybridized carbons (Fsp3) is 0.500. The summed E-state index contributed by atoms with van der Waals surface area (Å²) < 4.78 is 5.58. The number of ether oxygens (including phenoxy) is 1. The van der Waals surface area contributed by atoms with Gasteiger partial charge >= 0.3 is 0 Å². The Balaban J connectivity index is 2.76. The van der Waals surface area contributed by atoms with Crippen LogP contribution in [0.2, 0.25) is 5.02 Å². The van der Waals surface area contributed by atoms with Gasteiger partial charge in [-0.3, -0.25) is 4.79 Å². The highest BCUT2D eigenvalue weighted by atomic mass is 35.5. The first-order valence-corrected chi connectivity index (χ1v) is 7.75. The van der Waals surface area contributed by atoms with Crippen LogP contribution in [-0.2, 0) is 0 Å². The Kier molecular flexibility index (Phi) is 7.21. The van der Waals surface area contributed by atoms with Gasteiger partial charge in [-0.15, -0.1) is 0 Å². The van der Waals surface area contributed by atoms with Crippen molar-refractivity contribution in [3.63, 3.8) is 0 Å². The molecule has 0 amide bonds. The summed E-state index contributed by atoms with van der Waals surface area (Å²) in [6.45, 7) is 4.76. The van der Waals surface area contributed by atoms with Crippen molar-refractivity contribution in [3.8, 4) is 5.75 Å². The first kappa shape index (κ1) is 15.4. The number of Topliss-reactive ketones (excluding diaryl/α,β-unsaturated/α-hetero) is 1. The van der Waals surface area contributed by atoms with E-state index in [1.165, 1.54) is 0 Å². The monoisotopic (exact) mass is 286 g/mol. The molecule has 0 N–H and O–H groups in total. The van der Waals surface area contributed by atoms with Crippen molar-refractivity contribution in [1.82, 2.24) is 0 Å². The van der Waals surface area contributed by atoms with E-state index in [9.17, 15) is 4.79 Å². The van der Waals surface area contributed by atoms with Gasteiger partial charge < -0.3 is 4.74 Å². The molecule has 0 heterocycles. The van der Waals surface area contributed by atoms with Crippen LogP contribution in [0.3, 0.4) is 0 Å². The van der Waals surface area contributed by atoms with Crippen LogP contribution >= 0.6 is 23.4 Å². The van der Waals surface area contributed by atoms with E-state index < -0.39 is 0 Å². The third-order valence-electron chi connectivity index (χ3n) is 2.29. The molecule has 0 saturated carbocycles. The summed E-state index contributed by atoms with van der Waals surface area (Å²) in [5, 5.41) is 0.572. The fourth-order valence-corrected chi connectivity index (χ4v) is 2.39. The van der Waals surface area contributed by atoms with Crippen LogP contribution in [0, 0.1) is 0 Å². The van der Waals surface area contributed by atoms with Gasteiger partial charge in [0.1, 0.15) is 5.75 Å². The molecule has 1 rings (SSSR count). The Morgan fingerprint density at radius 2 is 2.11 bits per heavy atom. The maximum atomic E-state index is 12.1. The third-order valence-corrected chi connectivity index (χ3v) is 3.68. The lowest BCUT2D eigenvalue weighted by molar-refractivity contribution is 0.101. The van der Waals surface area contributed by atoms with Crippen molar-refractivity contribution in [1.29, 1.82) is 0 Å². The predicted octanol–water partition coefficient (Wildman–Crippen LogP) is 4.45. The SMILES string of the molecule is CCCOc1ccc(Cl)cc1C(=O)CSCCC. The van der Waals surface area contributed by atoms with Crippen LogP contribution in [0.4, 0.5) is 0 Å². The molecule has 0 bridgehead atoms. The van der Waals surface area contributed by atoms with Crippen LogP contribution in [-0.4, -0.2) is 23.9 Å². The second-order valence-electron chi connectivity index (χ2n) is 3.96.